The lowest BCUT2D eigenvalue weighted by molar-refractivity contribution is -0.103. The van der Waals surface area contributed by atoms with Crippen molar-refractivity contribution in [3.63, 3.8) is 0 Å². The summed E-state index contributed by atoms with van der Waals surface area (Å²) in [5.74, 6) is 0. The molecular formula is C9H20O2Si. The topological polar surface area (TPSA) is 18.5 Å². The van der Waals surface area contributed by atoms with Crippen LogP contribution >= 0.6 is 0 Å². The van der Waals surface area contributed by atoms with Crippen LogP contribution in [-0.2, 0) is 9.47 Å². The van der Waals surface area contributed by atoms with E-state index in [9.17, 15) is 0 Å². The van der Waals surface area contributed by atoms with Crippen LogP contribution in [0.5, 0.6) is 0 Å². The molecule has 3 heteroatoms. The van der Waals surface area contributed by atoms with Gasteiger partial charge in [0.25, 0.3) is 0 Å². The van der Waals surface area contributed by atoms with Gasteiger partial charge in [0.2, 0.25) is 0 Å². The molecule has 0 N–H and O–H groups in total. The summed E-state index contributed by atoms with van der Waals surface area (Å²) in [6.07, 6.45) is 1.03. The maximum Gasteiger partial charge on any atom is 0.156 e. The fourth-order valence-corrected chi connectivity index (χ4v) is 2.36. The van der Waals surface area contributed by atoms with Gasteiger partial charge < -0.3 is 9.47 Å². The minimum atomic E-state index is -0.0196. The smallest absolute Gasteiger partial charge is 0.156 e. The van der Waals surface area contributed by atoms with E-state index in [2.05, 4.69) is 19.5 Å². The molecule has 0 radical (unpaired) electrons. The molecule has 0 amide bonds. The van der Waals surface area contributed by atoms with Crippen LogP contribution < -0.4 is 0 Å². The van der Waals surface area contributed by atoms with Crippen LogP contribution in [0.4, 0.5) is 0 Å². The van der Waals surface area contributed by atoms with E-state index in [4.69, 9.17) is 9.47 Å². The van der Waals surface area contributed by atoms with Crippen molar-refractivity contribution >= 4 is 9.52 Å². The van der Waals surface area contributed by atoms with Crippen LogP contribution in [0.2, 0.25) is 6.04 Å². The predicted molar refractivity (Wildman–Crippen MR) is 55.2 cm³/mol. The lowest BCUT2D eigenvalue weighted by atomic mass is 10.4. The highest BCUT2D eigenvalue weighted by atomic mass is 28.2. The zero-order valence-corrected chi connectivity index (χ0v) is 10.0. The van der Waals surface area contributed by atoms with Crippen molar-refractivity contribution in [2.75, 3.05) is 14.2 Å². The van der Waals surface area contributed by atoms with Crippen LogP contribution in [0.15, 0.2) is 11.3 Å². The first-order valence-electron chi connectivity index (χ1n) is 4.39. The molecule has 0 fully saturated rings. The predicted octanol–water partition coefficient (Wildman–Crippen LogP) is 1.51. The monoisotopic (exact) mass is 188 g/mol. The summed E-state index contributed by atoms with van der Waals surface area (Å²) < 4.78 is 10.2. The lowest BCUT2D eigenvalue weighted by Gasteiger charge is -2.11. The number of rotatable bonds is 6. The van der Waals surface area contributed by atoms with Gasteiger partial charge in [0, 0.05) is 23.7 Å². The molecule has 0 atom stereocenters. The molecule has 0 saturated carbocycles. The third-order valence-corrected chi connectivity index (χ3v) is 3.64. The van der Waals surface area contributed by atoms with Crippen molar-refractivity contribution < 1.29 is 9.47 Å². The lowest BCUT2D eigenvalue weighted by Crippen LogP contribution is -2.12. The Morgan fingerprint density at radius 2 is 1.92 bits per heavy atom. The van der Waals surface area contributed by atoms with Gasteiger partial charge in [0.15, 0.2) is 6.29 Å². The zero-order chi connectivity index (χ0) is 9.40. The Kier molecular flexibility index (Phi) is 7.44. The fraction of sp³-hybridized carbons (Fsp3) is 0.778. The van der Waals surface area contributed by atoms with E-state index >= 15 is 0 Å². The number of hydrogen-bond donors (Lipinski definition) is 0. The third-order valence-electron chi connectivity index (χ3n) is 1.72. The van der Waals surface area contributed by atoms with Crippen molar-refractivity contribution in [1.82, 2.24) is 0 Å². The van der Waals surface area contributed by atoms with Crippen LogP contribution in [0, 0.1) is 0 Å². The van der Waals surface area contributed by atoms with E-state index in [1.54, 1.807) is 14.2 Å². The molecule has 0 spiro atoms. The van der Waals surface area contributed by atoms with E-state index in [1.807, 2.05) is 0 Å². The van der Waals surface area contributed by atoms with Crippen molar-refractivity contribution in [1.29, 1.82) is 0 Å². The van der Waals surface area contributed by atoms with Gasteiger partial charge in [-0.3, -0.25) is 0 Å². The Balaban J connectivity index is 3.35. The quantitative estimate of drug-likeness (QED) is 0.357. The Morgan fingerprint density at radius 3 is 2.33 bits per heavy atom. The Morgan fingerprint density at radius 1 is 1.33 bits per heavy atom. The highest BCUT2D eigenvalue weighted by Gasteiger charge is 2.02. The first-order chi connectivity index (χ1) is 5.70. The molecule has 0 aromatic heterocycles. The third kappa shape index (κ3) is 6.58. The van der Waals surface area contributed by atoms with E-state index < -0.39 is 0 Å². The fourth-order valence-electron chi connectivity index (χ4n) is 1.01. The summed E-state index contributed by atoms with van der Waals surface area (Å²) in [6.45, 7) is 4.30. The highest BCUT2D eigenvalue weighted by molar-refractivity contribution is 6.42. The molecule has 2 nitrogen and oxygen atoms in total. The molecule has 0 aliphatic carbocycles. The van der Waals surface area contributed by atoms with Crippen molar-refractivity contribution in [3.05, 3.63) is 11.3 Å². The number of methoxy groups -OCH3 is 2. The number of allylic oxidation sites excluding steroid dienone is 1. The molecule has 72 valence electrons. The summed E-state index contributed by atoms with van der Waals surface area (Å²) in [4.78, 5) is 0. The maximum absolute atomic E-state index is 5.09. The van der Waals surface area contributed by atoms with Gasteiger partial charge in [-0.2, -0.15) is 0 Å². The van der Waals surface area contributed by atoms with Gasteiger partial charge in [0.05, 0.1) is 0 Å². The van der Waals surface area contributed by atoms with E-state index in [1.165, 1.54) is 11.6 Å². The van der Waals surface area contributed by atoms with E-state index in [-0.39, 0.29) is 15.8 Å². The molecule has 0 unspecified atom stereocenters. The van der Waals surface area contributed by atoms with Crippen molar-refractivity contribution in [2.24, 2.45) is 0 Å². The van der Waals surface area contributed by atoms with E-state index in [0.717, 1.165) is 6.42 Å². The highest BCUT2D eigenvalue weighted by Crippen LogP contribution is 2.02. The molecule has 0 heterocycles. The first kappa shape index (κ1) is 11.9. The molecule has 0 aromatic rings. The molecule has 0 aromatic carbocycles. The average molecular weight is 188 g/mol. The van der Waals surface area contributed by atoms with Gasteiger partial charge in [-0.05, 0) is 20.3 Å². The van der Waals surface area contributed by atoms with Crippen LogP contribution in [-0.4, -0.2) is 30.0 Å². The Labute approximate surface area is 77.8 Å². The van der Waals surface area contributed by atoms with Gasteiger partial charge in [-0.25, -0.2) is 0 Å². The second kappa shape index (κ2) is 7.52. The largest absolute Gasteiger partial charge is 0.356 e. The molecule has 0 aliphatic rings. The summed E-state index contributed by atoms with van der Waals surface area (Å²) in [5, 5.41) is 0. The maximum atomic E-state index is 5.09. The first-order valence-corrected chi connectivity index (χ1v) is 6.21. The molecule has 0 rings (SSSR count). The normalized spacial score (nSPS) is 11.4. The molecular weight excluding hydrogens is 168 g/mol. The van der Waals surface area contributed by atoms with Crippen LogP contribution in [0.3, 0.4) is 0 Å². The van der Waals surface area contributed by atoms with Crippen LogP contribution in [0.1, 0.15) is 20.3 Å². The summed E-state index contributed by atoms with van der Waals surface area (Å²) in [6, 6.07) is 1.26. The minimum Gasteiger partial charge on any atom is -0.356 e. The van der Waals surface area contributed by atoms with E-state index in [0.29, 0.717) is 0 Å². The Hall–Kier alpha value is -0.123. The molecule has 12 heavy (non-hydrogen) atoms. The summed E-state index contributed by atoms with van der Waals surface area (Å²) >= 11 is 0. The van der Waals surface area contributed by atoms with Gasteiger partial charge in [0.1, 0.15) is 0 Å². The summed E-state index contributed by atoms with van der Waals surface area (Å²) in [5.41, 5.74) is 3.82. The van der Waals surface area contributed by atoms with Gasteiger partial charge in [-0.15, -0.1) is 5.70 Å². The average Bonchev–Trinajstić information content (AvgIpc) is 2.04. The van der Waals surface area contributed by atoms with Gasteiger partial charge >= 0.3 is 0 Å². The minimum absolute atomic E-state index is 0.00284. The van der Waals surface area contributed by atoms with Crippen LogP contribution in [0.25, 0.3) is 0 Å². The molecule has 0 bridgehead atoms. The number of hydrogen-bond acceptors (Lipinski definition) is 2. The Bertz CT molecular complexity index is 126. The van der Waals surface area contributed by atoms with Gasteiger partial charge in [-0.1, -0.05) is 11.6 Å². The summed E-state index contributed by atoms with van der Waals surface area (Å²) in [7, 11) is 3.36. The van der Waals surface area contributed by atoms with Crippen molar-refractivity contribution in [3.8, 4) is 0 Å². The van der Waals surface area contributed by atoms with Crippen molar-refractivity contribution in [2.45, 2.75) is 32.6 Å². The SMILES string of the molecule is COC(CC[SiH2]C=C(C)C)OC. The second-order valence-corrected chi connectivity index (χ2v) is 4.81. The zero-order valence-electron chi connectivity index (χ0n) is 8.59. The molecule has 0 saturated heterocycles. The number of ether oxygens (including phenoxy) is 2. The second-order valence-electron chi connectivity index (χ2n) is 3.11. The molecule has 0 aliphatic heterocycles. The standard InChI is InChI=1S/C9H20O2Si/c1-8(2)7-12-6-5-9(10-3)11-4/h7,9H,5-6,12H2,1-4H3.